The fourth-order valence-corrected chi connectivity index (χ4v) is 6.36. The first-order valence-corrected chi connectivity index (χ1v) is 12.3. The Bertz CT molecular complexity index is 1210. The molecule has 1 atom stereocenters. The average Bonchev–Trinajstić information content (AvgIpc) is 3.26. The number of piperazine rings is 1. The molecule has 2 aromatic carbocycles. The van der Waals surface area contributed by atoms with Crippen molar-refractivity contribution in [3.05, 3.63) is 58.9 Å². The molecule has 2 heterocycles. The molecule has 1 fully saturated rings. The molecule has 1 unspecified atom stereocenters. The number of sulfonamides is 1. The molecule has 0 aromatic heterocycles. The molecule has 9 heteroatoms. The predicted molar refractivity (Wildman–Crippen MR) is 116 cm³/mol. The van der Waals surface area contributed by atoms with Crippen molar-refractivity contribution in [2.45, 2.75) is 36.5 Å². The van der Waals surface area contributed by atoms with E-state index in [2.05, 4.69) is 5.32 Å². The minimum atomic E-state index is -3.63. The van der Waals surface area contributed by atoms with Crippen LogP contribution in [0.1, 0.15) is 35.4 Å². The van der Waals surface area contributed by atoms with Crippen molar-refractivity contribution >= 4 is 27.5 Å². The van der Waals surface area contributed by atoms with Crippen molar-refractivity contribution in [2.24, 2.45) is 0 Å². The number of nitrogens with one attached hydrogen (secondary N) is 1. The lowest BCUT2D eigenvalue weighted by atomic mass is 9.89. The summed E-state index contributed by atoms with van der Waals surface area (Å²) in [5, 5.41) is 2.61. The molecule has 32 heavy (non-hydrogen) atoms. The van der Waals surface area contributed by atoms with Crippen LogP contribution in [0.15, 0.2) is 41.3 Å². The molecule has 7 nitrogen and oxygen atoms in total. The van der Waals surface area contributed by atoms with E-state index in [1.165, 1.54) is 28.1 Å². The van der Waals surface area contributed by atoms with Gasteiger partial charge in [-0.2, -0.15) is 4.31 Å². The molecule has 0 spiro atoms. The Labute approximate surface area is 186 Å². The van der Waals surface area contributed by atoms with Gasteiger partial charge >= 0.3 is 0 Å². The molecule has 168 valence electrons. The van der Waals surface area contributed by atoms with Gasteiger partial charge in [-0.25, -0.2) is 12.8 Å². The number of carbonyl (C=O) groups is 2. The summed E-state index contributed by atoms with van der Waals surface area (Å²) in [6.45, 7) is 0.885. The summed E-state index contributed by atoms with van der Waals surface area (Å²) in [5.41, 5.74) is 3.23. The molecule has 2 amide bonds. The van der Waals surface area contributed by atoms with E-state index in [-0.39, 0.29) is 44.4 Å². The van der Waals surface area contributed by atoms with Crippen molar-refractivity contribution in [3.63, 3.8) is 0 Å². The first kappa shape index (κ1) is 21.1. The van der Waals surface area contributed by atoms with E-state index in [0.29, 0.717) is 16.1 Å². The lowest BCUT2D eigenvalue weighted by molar-refractivity contribution is -0.136. The van der Waals surface area contributed by atoms with Gasteiger partial charge in [0.1, 0.15) is 5.82 Å². The Morgan fingerprint density at radius 1 is 1.00 bits per heavy atom. The summed E-state index contributed by atoms with van der Waals surface area (Å²) in [6.07, 6.45) is 2.94. The van der Waals surface area contributed by atoms with Gasteiger partial charge in [-0.15, -0.1) is 0 Å². The van der Waals surface area contributed by atoms with Gasteiger partial charge in [-0.05, 0) is 60.2 Å². The number of fused-ring (bicyclic) bond motifs is 2. The Morgan fingerprint density at radius 2 is 1.75 bits per heavy atom. The summed E-state index contributed by atoms with van der Waals surface area (Å²) < 4.78 is 41.3. The summed E-state index contributed by atoms with van der Waals surface area (Å²) in [6, 6.07) is 9.38. The van der Waals surface area contributed by atoms with Gasteiger partial charge < -0.3 is 10.2 Å². The third kappa shape index (κ3) is 3.69. The fourth-order valence-electron chi connectivity index (χ4n) is 4.88. The number of benzene rings is 2. The largest absolute Gasteiger partial charge is 0.340 e. The van der Waals surface area contributed by atoms with Crippen molar-refractivity contribution in [1.82, 2.24) is 9.21 Å². The van der Waals surface area contributed by atoms with Crippen LogP contribution in [-0.2, 0) is 32.5 Å². The molecule has 0 radical (unpaired) electrons. The van der Waals surface area contributed by atoms with Crippen LogP contribution in [0.5, 0.6) is 0 Å². The summed E-state index contributed by atoms with van der Waals surface area (Å²) in [4.78, 5) is 27.2. The van der Waals surface area contributed by atoms with Gasteiger partial charge in [0, 0.05) is 38.3 Å². The van der Waals surface area contributed by atoms with Crippen LogP contribution >= 0.6 is 0 Å². The van der Waals surface area contributed by atoms with Crippen LogP contribution in [0.3, 0.4) is 0 Å². The number of nitrogens with zero attached hydrogens (tertiary/aromatic N) is 2. The van der Waals surface area contributed by atoms with Gasteiger partial charge in [0.25, 0.3) is 0 Å². The fraction of sp³-hybridized carbons (Fsp3) is 0.391. The van der Waals surface area contributed by atoms with Crippen molar-refractivity contribution in [3.8, 4) is 0 Å². The molecule has 0 bridgehead atoms. The van der Waals surface area contributed by atoms with Gasteiger partial charge in [0.05, 0.1) is 10.8 Å². The number of hydrogen-bond donors (Lipinski definition) is 1. The van der Waals surface area contributed by atoms with Crippen molar-refractivity contribution < 1.29 is 22.4 Å². The molecule has 1 N–H and O–H groups in total. The zero-order valence-electron chi connectivity index (χ0n) is 17.5. The minimum absolute atomic E-state index is 0.00883. The molecular formula is C23H24FN3O4S. The lowest BCUT2D eigenvalue weighted by Gasteiger charge is -2.37. The first-order chi connectivity index (χ1) is 15.3. The maximum Gasteiger partial charge on any atom is 0.243 e. The van der Waals surface area contributed by atoms with Crippen LogP contribution in [-0.4, -0.2) is 55.6 Å². The topological polar surface area (TPSA) is 86.8 Å². The minimum Gasteiger partial charge on any atom is -0.340 e. The van der Waals surface area contributed by atoms with E-state index < -0.39 is 21.8 Å². The molecule has 1 aliphatic carbocycles. The monoisotopic (exact) mass is 457 g/mol. The molecule has 3 aliphatic rings. The normalized spacial score (nSPS) is 21.1. The second-order valence-corrected chi connectivity index (χ2v) is 10.5. The number of amides is 2. The highest BCUT2D eigenvalue weighted by molar-refractivity contribution is 7.89. The predicted octanol–water partition coefficient (Wildman–Crippen LogP) is 2.27. The van der Waals surface area contributed by atoms with Gasteiger partial charge in [-0.1, -0.05) is 12.1 Å². The van der Waals surface area contributed by atoms with Crippen LogP contribution in [0.25, 0.3) is 0 Å². The molecule has 2 aromatic rings. The average molecular weight is 458 g/mol. The summed E-state index contributed by atoms with van der Waals surface area (Å²) in [5.74, 6) is -1.75. The smallest absolute Gasteiger partial charge is 0.243 e. The Kier molecular flexibility index (Phi) is 5.25. The third-order valence-electron chi connectivity index (χ3n) is 6.61. The number of anilines is 1. The maximum absolute atomic E-state index is 13.6. The first-order valence-electron chi connectivity index (χ1n) is 10.8. The summed E-state index contributed by atoms with van der Waals surface area (Å²) in [7, 11) is -3.63. The number of aryl methyl sites for hydroxylation is 2. The van der Waals surface area contributed by atoms with Crippen LogP contribution in [0, 0.1) is 5.82 Å². The standard InChI is InChI=1S/C23H24FN3O4S/c24-17-5-7-19-20(14-22(28)25-21(19)13-17)23(29)26-8-10-27(11-9-26)32(30,31)18-6-4-15-2-1-3-16(15)12-18/h4-7,12-13,20H,1-3,8-11,14H2,(H,25,28). The van der Waals surface area contributed by atoms with E-state index >= 15 is 0 Å². The third-order valence-corrected chi connectivity index (χ3v) is 8.51. The van der Waals surface area contributed by atoms with Crippen LogP contribution < -0.4 is 5.32 Å². The molecule has 5 rings (SSSR count). The van der Waals surface area contributed by atoms with Crippen molar-refractivity contribution in [1.29, 1.82) is 0 Å². The Hall–Kier alpha value is -2.78. The van der Waals surface area contributed by atoms with E-state index in [1.54, 1.807) is 17.0 Å². The second-order valence-electron chi connectivity index (χ2n) is 8.55. The lowest BCUT2D eigenvalue weighted by Crippen LogP contribution is -2.52. The van der Waals surface area contributed by atoms with Gasteiger partial charge in [-0.3, -0.25) is 9.59 Å². The number of rotatable bonds is 3. The van der Waals surface area contributed by atoms with E-state index in [4.69, 9.17) is 0 Å². The quantitative estimate of drug-likeness (QED) is 0.766. The zero-order valence-corrected chi connectivity index (χ0v) is 18.3. The van der Waals surface area contributed by atoms with Crippen molar-refractivity contribution in [2.75, 3.05) is 31.5 Å². The highest BCUT2D eigenvalue weighted by Gasteiger charge is 2.37. The Balaban J connectivity index is 1.30. The molecule has 2 aliphatic heterocycles. The van der Waals surface area contributed by atoms with Crippen LogP contribution in [0.2, 0.25) is 0 Å². The van der Waals surface area contributed by atoms with E-state index in [1.807, 2.05) is 6.07 Å². The molecule has 0 saturated carbocycles. The number of hydrogen-bond acceptors (Lipinski definition) is 4. The molecule has 1 saturated heterocycles. The zero-order chi connectivity index (χ0) is 22.5. The molecular weight excluding hydrogens is 433 g/mol. The Morgan fingerprint density at radius 3 is 2.53 bits per heavy atom. The van der Waals surface area contributed by atoms with Crippen LogP contribution in [0.4, 0.5) is 10.1 Å². The number of carbonyl (C=O) groups excluding carboxylic acids is 2. The van der Waals surface area contributed by atoms with Gasteiger partial charge in [0.2, 0.25) is 21.8 Å². The highest BCUT2D eigenvalue weighted by Crippen LogP contribution is 2.34. The maximum atomic E-state index is 13.6. The number of halogens is 1. The second kappa shape index (κ2) is 7.97. The van der Waals surface area contributed by atoms with E-state index in [0.717, 1.165) is 24.8 Å². The SMILES string of the molecule is O=C1CC(C(=O)N2CCN(S(=O)(=O)c3ccc4c(c3)CCC4)CC2)c2ccc(F)cc2N1. The van der Waals surface area contributed by atoms with E-state index in [9.17, 15) is 22.4 Å². The summed E-state index contributed by atoms with van der Waals surface area (Å²) >= 11 is 0. The highest BCUT2D eigenvalue weighted by atomic mass is 32.2. The van der Waals surface area contributed by atoms with Gasteiger partial charge in [0.15, 0.2) is 0 Å².